The summed E-state index contributed by atoms with van der Waals surface area (Å²) in [6.45, 7) is 9.50. The monoisotopic (exact) mass is 176 g/mol. The van der Waals surface area contributed by atoms with Crippen molar-refractivity contribution in [3.05, 3.63) is 41.7 Å². The Morgan fingerprint density at radius 2 is 2.31 bits per heavy atom. The summed E-state index contributed by atoms with van der Waals surface area (Å²) in [4.78, 5) is 4.38. The first-order chi connectivity index (χ1) is 6.18. The van der Waals surface area contributed by atoms with Crippen LogP contribution in [-0.2, 0) is 6.54 Å². The summed E-state index contributed by atoms with van der Waals surface area (Å²) in [5, 5.41) is 3.27. The van der Waals surface area contributed by atoms with Crippen LogP contribution in [0.25, 0.3) is 0 Å². The third-order valence-corrected chi connectivity index (χ3v) is 1.68. The molecule has 1 heterocycles. The van der Waals surface area contributed by atoms with Crippen molar-refractivity contribution < 1.29 is 0 Å². The lowest BCUT2D eigenvalue weighted by molar-refractivity contribution is 0.721. The maximum Gasteiger partial charge on any atom is 0.0544 e. The molecule has 0 bridgehead atoms. The van der Waals surface area contributed by atoms with E-state index >= 15 is 0 Å². The van der Waals surface area contributed by atoms with Crippen molar-refractivity contribution in [2.75, 3.05) is 6.54 Å². The standard InChI is InChI=1S/C11H16N2/c1-9(2)7-12-8-11-6-4-5-10(3)13-11/h4-6,12H,1,7-8H2,2-3H3. The maximum absolute atomic E-state index is 4.38. The van der Waals surface area contributed by atoms with Crippen molar-refractivity contribution in [2.45, 2.75) is 20.4 Å². The molecule has 2 heteroatoms. The molecule has 70 valence electrons. The van der Waals surface area contributed by atoms with Gasteiger partial charge in [-0.25, -0.2) is 0 Å². The van der Waals surface area contributed by atoms with Crippen LogP contribution in [-0.4, -0.2) is 11.5 Å². The molecule has 0 unspecified atom stereocenters. The van der Waals surface area contributed by atoms with E-state index < -0.39 is 0 Å². The van der Waals surface area contributed by atoms with E-state index in [0.717, 1.165) is 30.1 Å². The molecule has 0 saturated heterocycles. The van der Waals surface area contributed by atoms with Gasteiger partial charge >= 0.3 is 0 Å². The van der Waals surface area contributed by atoms with Crippen molar-refractivity contribution in [2.24, 2.45) is 0 Å². The molecule has 0 aliphatic rings. The van der Waals surface area contributed by atoms with E-state index in [4.69, 9.17) is 0 Å². The highest BCUT2D eigenvalue weighted by atomic mass is 14.9. The van der Waals surface area contributed by atoms with Gasteiger partial charge in [-0.15, -0.1) is 0 Å². The molecule has 0 aromatic carbocycles. The van der Waals surface area contributed by atoms with Gasteiger partial charge in [0, 0.05) is 18.8 Å². The first-order valence-electron chi connectivity index (χ1n) is 4.46. The highest BCUT2D eigenvalue weighted by Gasteiger charge is 1.93. The third kappa shape index (κ3) is 3.85. The third-order valence-electron chi connectivity index (χ3n) is 1.68. The Hall–Kier alpha value is -1.15. The number of hydrogen-bond acceptors (Lipinski definition) is 2. The van der Waals surface area contributed by atoms with Gasteiger partial charge in [0.2, 0.25) is 0 Å². The first kappa shape index (κ1) is 9.93. The van der Waals surface area contributed by atoms with Gasteiger partial charge in [0.1, 0.15) is 0 Å². The largest absolute Gasteiger partial charge is 0.307 e. The molecule has 0 fully saturated rings. The molecule has 0 amide bonds. The molecule has 1 N–H and O–H groups in total. The lowest BCUT2D eigenvalue weighted by Crippen LogP contribution is -2.16. The van der Waals surface area contributed by atoms with E-state index in [2.05, 4.69) is 16.9 Å². The molecule has 0 atom stereocenters. The number of hydrogen-bond donors (Lipinski definition) is 1. The number of aromatic nitrogens is 1. The zero-order chi connectivity index (χ0) is 9.68. The van der Waals surface area contributed by atoms with Crippen LogP contribution >= 0.6 is 0 Å². The van der Waals surface area contributed by atoms with E-state index in [1.54, 1.807) is 0 Å². The van der Waals surface area contributed by atoms with Crippen molar-refractivity contribution in [1.29, 1.82) is 0 Å². The average molecular weight is 176 g/mol. The van der Waals surface area contributed by atoms with Crippen molar-refractivity contribution >= 4 is 0 Å². The summed E-state index contributed by atoms with van der Waals surface area (Å²) in [5.41, 5.74) is 3.29. The number of nitrogens with one attached hydrogen (secondary N) is 1. The first-order valence-corrected chi connectivity index (χ1v) is 4.46. The molecule has 1 aromatic rings. The zero-order valence-electron chi connectivity index (χ0n) is 8.30. The topological polar surface area (TPSA) is 24.9 Å². The van der Waals surface area contributed by atoms with E-state index in [1.807, 2.05) is 32.0 Å². The zero-order valence-corrected chi connectivity index (χ0v) is 8.30. The second kappa shape index (κ2) is 4.77. The molecule has 1 rings (SSSR count). The fourth-order valence-electron chi connectivity index (χ4n) is 1.10. The highest BCUT2D eigenvalue weighted by molar-refractivity contribution is 5.09. The van der Waals surface area contributed by atoms with Crippen molar-refractivity contribution in [3.63, 3.8) is 0 Å². The smallest absolute Gasteiger partial charge is 0.0544 e. The molecule has 1 aromatic heterocycles. The summed E-state index contributed by atoms with van der Waals surface area (Å²) in [7, 11) is 0. The van der Waals surface area contributed by atoms with Gasteiger partial charge in [0.25, 0.3) is 0 Å². The molecule has 0 radical (unpaired) electrons. The Balaban J connectivity index is 2.41. The van der Waals surface area contributed by atoms with Gasteiger partial charge in [0.05, 0.1) is 5.69 Å². The van der Waals surface area contributed by atoms with E-state index in [1.165, 1.54) is 0 Å². The summed E-state index contributed by atoms with van der Waals surface area (Å²) in [6, 6.07) is 6.06. The molecule has 2 nitrogen and oxygen atoms in total. The quantitative estimate of drug-likeness (QED) is 0.710. The fourth-order valence-corrected chi connectivity index (χ4v) is 1.10. The van der Waals surface area contributed by atoms with Crippen molar-refractivity contribution in [3.8, 4) is 0 Å². The van der Waals surface area contributed by atoms with Gasteiger partial charge in [-0.1, -0.05) is 18.2 Å². The number of pyridine rings is 1. The molecule has 13 heavy (non-hydrogen) atoms. The van der Waals surface area contributed by atoms with E-state index in [9.17, 15) is 0 Å². The summed E-state index contributed by atoms with van der Waals surface area (Å²) >= 11 is 0. The van der Waals surface area contributed by atoms with Crippen LogP contribution in [0.1, 0.15) is 18.3 Å². The Bertz CT molecular complexity index is 292. The average Bonchev–Trinajstić information content (AvgIpc) is 2.03. The highest BCUT2D eigenvalue weighted by Crippen LogP contribution is 1.97. The van der Waals surface area contributed by atoms with Gasteiger partial charge in [-0.05, 0) is 26.0 Å². The lowest BCUT2D eigenvalue weighted by Gasteiger charge is -2.03. The van der Waals surface area contributed by atoms with Crippen LogP contribution in [0.3, 0.4) is 0 Å². The van der Waals surface area contributed by atoms with Gasteiger partial charge in [-0.3, -0.25) is 4.98 Å². The second-order valence-corrected chi connectivity index (χ2v) is 3.33. The van der Waals surface area contributed by atoms with Crippen LogP contribution in [0, 0.1) is 6.92 Å². The number of nitrogens with zero attached hydrogens (tertiary/aromatic N) is 1. The fraction of sp³-hybridized carbons (Fsp3) is 0.364. The maximum atomic E-state index is 4.38. The predicted octanol–water partition coefficient (Wildman–Crippen LogP) is 2.06. The Morgan fingerprint density at radius 1 is 1.54 bits per heavy atom. The van der Waals surface area contributed by atoms with Crippen LogP contribution < -0.4 is 5.32 Å². The Labute approximate surface area is 79.7 Å². The minimum atomic E-state index is 0.814. The normalized spacial score (nSPS) is 10.0. The van der Waals surface area contributed by atoms with Crippen LogP contribution in [0.2, 0.25) is 0 Å². The second-order valence-electron chi connectivity index (χ2n) is 3.33. The summed E-state index contributed by atoms with van der Waals surface area (Å²) < 4.78 is 0. The van der Waals surface area contributed by atoms with Crippen LogP contribution in [0.4, 0.5) is 0 Å². The number of aryl methyl sites for hydroxylation is 1. The summed E-state index contributed by atoms with van der Waals surface area (Å²) in [6.07, 6.45) is 0. The van der Waals surface area contributed by atoms with Gasteiger partial charge in [0.15, 0.2) is 0 Å². The lowest BCUT2D eigenvalue weighted by atomic mass is 10.3. The van der Waals surface area contributed by atoms with Gasteiger partial charge in [-0.2, -0.15) is 0 Å². The molecule has 0 saturated carbocycles. The predicted molar refractivity (Wildman–Crippen MR) is 55.5 cm³/mol. The van der Waals surface area contributed by atoms with Crippen molar-refractivity contribution in [1.82, 2.24) is 10.3 Å². The molecule has 0 aliphatic carbocycles. The minimum absolute atomic E-state index is 0.814. The molecule has 0 aliphatic heterocycles. The number of rotatable bonds is 4. The minimum Gasteiger partial charge on any atom is -0.307 e. The molecule has 0 spiro atoms. The Kier molecular flexibility index (Phi) is 3.65. The van der Waals surface area contributed by atoms with E-state index in [0.29, 0.717) is 0 Å². The molecular weight excluding hydrogens is 160 g/mol. The van der Waals surface area contributed by atoms with E-state index in [-0.39, 0.29) is 0 Å². The SMILES string of the molecule is C=C(C)CNCc1cccc(C)n1. The summed E-state index contributed by atoms with van der Waals surface area (Å²) in [5.74, 6) is 0. The molecular formula is C11H16N2. The van der Waals surface area contributed by atoms with Crippen LogP contribution in [0.5, 0.6) is 0 Å². The van der Waals surface area contributed by atoms with Gasteiger partial charge < -0.3 is 5.32 Å². The Morgan fingerprint density at radius 3 is 2.92 bits per heavy atom. The van der Waals surface area contributed by atoms with Crippen LogP contribution in [0.15, 0.2) is 30.4 Å².